The summed E-state index contributed by atoms with van der Waals surface area (Å²) >= 11 is 0. The van der Waals surface area contributed by atoms with Crippen LogP contribution < -0.4 is 5.43 Å². The van der Waals surface area contributed by atoms with Gasteiger partial charge in [-0.1, -0.05) is 22.9 Å². The molecular weight excluding hydrogens is 290 g/mol. The van der Waals surface area contributed by atoms with Crippen LogP contribution in [0.5, 0.6) is 0 Å². The van der Waals surface area contributed by atoms with E-state index >= 15 is 0 Å². The first-order valence-electron chi connectivity index (χ1n) is 6.13. The fourth-order valence-electron chi connectivity index (χ4n) is 1.62. The molecule has 0 aliphatic carbocycles. The zero-order chi connectivity index (χ0) is 16.1. The molecule has 9 nitrogen and oxygen atoms in total. The van der Waals surface area contributed by atoms with E-state index in [0.717, 1.165) is 17.7 Å². The number of non-ortho nitro benzene ring substituents is 1. The number of hydrogen-bond donors (Lipinski definition) is 1. The van der Waals surface area contributed by atoms with E-state index in [4.69, 9.17) is 0 Å². The Morgan fingerprint density at radius 2 is 1.68 bits per heavy atom. The lowest BCUT2D eigenvalue weighted by Crippen LogP contribution is -1.93. The number of nitro groups is 2. The molecule has 0 fully saturated rings. The van der Waals surface area contributed by atoms with Crippen molar-refractivity contribution in [2.45, 2.75) is 6.92 Å². The number of anilines is 1. The third kappa shape index (κ3) is 3.60. The molecule has 112 valence electrons. The number of nitro benzene ring substituents is 2. The van der Waals surface area contributed by atoms with Crippen LogP contribution in [-0.4, -0.2) is 9.85 Å². The first kappa shape index (κ1) is 15.0. The van der Waals surface area contributed by atoms with Gasteiger partial charge in [0, 0.05) is 6.07 Å². The number of hydrogen-bond acceptors (Lipinski definition) is 6. The SMILES string of the molecule is Cc1ccc(NN=Nc2ccc([N+](=O)[O-])cc2[N+](=O)[O-])cc1. The van der Waals surface area contributed by atoms with Gasteiger partial charge in [0.25, 0.3) is 5.69 Å². The van der Waals surface area contributed by atoms with Crippen LogP contribution in [0.25, 0.3) is 0 Å². The normalized spacial score (nSPS) is 10.6. The minimum atomic E-state index is -0.743. The molecule has 0 saturated carbocycles. The van der Waals surface area contributed by atoms with Crippen molar-refractivity contribution in [3.8, 4) is 0 Å². The highest BCUT2D eigenvalue weighted by Crippen LogP contribution is 2.31. The minimum absolute atomic E-state index is 0.0739. The van der Waals surface area contributed by atoms with Gasteiger partial charge in [-0.3, -0.25) is 25.7 Å². The minimum Gasteiger partial charge on any atom is -0.260 e. The highest BCUT2D eigenvalue weighted by molar-refractivity contribution is 5.61. The van der Waals surface area contributed by atoms with Gasteiger partial charge in [0.15, 0.2) is 5.69 Å². The summed E-state index contributed by atoms with van der Waals surface area (Å²) < 4.78 is 0. The maximum absolute atomic E-state index is 10.9. The maximum atomic E-state index is 10.9. The Kier molecular flexibility index (Phi) is 4.37. The van der Waals surface area contributed by atoms with Crippen molar-refractivity contribution in [2.75, 3.05) is 5.43 Å². The summed E-state index contributed by atoms with van der Waals surface area (Å²) in [7, 11) is 0. The predicted molar refractivity (Wildman–Crippen MR) is 79.1 cm³/mol. The van der Waals surface area contributed by atoms with Gasteiger partial charge in [0.05, 0.1) is 21.6 Å². The molecule has 0 heterocycles. The highest BCUT2D eigenvalue weighted by atomic mass is 16.6. The van der Waals surface area contributed by atoms with Crippen LogP contribution in [0.2, 0.25) is 0 Å². The van der Waals surface area contributed by atoms with Crippen molar-refractivity contribution in [3.63, 3.8) is 0 Å². The van der Waals surface area contributed by atoms with Crippen LogP contribution >= 0.6 is 0 Å². The predicted octanol–water partition coefficient (Wildman–Crippen LogP) is 3.92. The summed E-state index contributed by atoms with van der Waals surface area (Å²) in [6, 6.07) is 10.4. The first-order chi connectivity index (χ1) is 10.5. The van der Waals surface area contributed by atoms with Gasteiger partial charge in [-0.2, -0.15) is 0 Å². The average Bonchev–Trinajstić information content (AvgIpc) is 2.49. The zero-order valence-electron chi connectivity index (χ0n) is 11.5. The van der Waals surface area contributed by atoms with Crippen LogP contribution in [0, 0.1) is 27.2 Å². The van der Waals surface area contributed by atoms with Crippen molar-refractivity contribution in [1.29, 1.82) is 0 Å². The van der Waals surface area contributed by atoms with Gasteiger partial charge in [-0.05, 0) is 25.1 Å². The third-order valence-corrected chi connectivity index (χ3v) is 2.75. The standard InChI is InChI=1S/C13H11N5O4/c1-9-2-4-10(5-3-9)14-16-15-12-7-6-11(17(19)20)8-13(12)18(21)22/h2-8H,1H3,(H,14,15). The second kappa shape index (κ2) is 6.39. The fourth-order valence-corrected chi connectivity index (χ4v) is 1.62. The Balaban J connectivity index is 2.21. The number of rotatable bonds is 5. The Bertz CT molecular complexity index is 743. The maximum Gasteiger partial charge on any atom is 0.303 e. The molecule has 0 unspecified atom stereocenters. The summed E-state index contributed by atoms with van der Waals surface area (Å²) in [4.78, 5) is 20.1. The molecule has 22 heavy (non-hydrogen) atoms. The molecule has 1 N–H and O–H groups in total. The number of aryl methyl sites for hydroxylation is 1. The van der Waals surface area contributed by atoms with Crippen molar-refractivity contribution in [3.05, 3.63) is 68.3 Å². The topological polar surface area (TPSA) is 123 Å². The average molecular weight is 301 g/mol. The van der Waals surface area contributed by atoms with E-state index in [1.807, 2.05) is 19.1 Å². The molecule has 0 aliphatic heterocycles. The second-order valence-corrected chi connectivity index (χ2v) is 4.37. The summed E-state index contributed by atoms with van der Waals surface area (Å²) in [5.41, 5.74) is 3.43. The van der Waals surface area contributed by atoms with Gasteiger partial charge in [0.2, 0.25) is 0 Å². The molecule has 0 saturated heterocycles. The van der Waals surface area contributed by atoms with E-state index in [0.29, 0.717) is 5.69 Å². The monoisotopic (exact) mass is 301 g/mol. The second-order valence-electron chi connectivity index (χ2n) is 4.37. The van der Waals surface area contributed by atoms with Crippen LogP contribution in [0.15, 0.2) is 52.8 Å². The van der Waals surface area contributed by atoms with E-state index < -0.39 is 15.5 Å². The highest BCUT2D eigenvalue weighted by Gasteiger charge is 2.19. The molecule has 0 bridgehead atoms. The van der Waals surface area contributed by atoms with Gasteiger partial charge in [0.1, 0.15) is 0 Å². The molecule has 0 aromatic heterocycles. The summed E-state index contributed by atoms with van der Waals surface area (Å²) in [5, 5.41) is 28.9. The molecule has 0 aliphatic rings. The molecule has 2 aromatic rings. The third-order valence-electron chi connectivity index (χ3n) is 2.75. The Morgan fingerprint density at radius 1 is 1.00 bits per heavy atom. The van der Waals surface area contributed by atoms with E-state index in [-0.39, 0.29) is 11.4 Å². The van der Waals surface area contributed by atoms with Gasteiger partial charge in [-0.15, -0.1) is 5.11 Å². The Morgan fingerprint density at radius 3 is 2.27 bits per heavy atom. The van der Waals surface area contributed by atoms with Crippen LogP contribution in [0.3, 0.4) is 0 Å². The van der Waals surface area contributed by atoms with Gasteiger partial charge < -0.3 is 0 Å². The van der Waals surface area contributed by atoms with E-state index in [1.165, 1.54) is 6.07 Å². The Hall–Kier alpha value is -3.36. The Labute approximate surface area is 124 Å². The largest absolute Gasteiger partial charge is 0.303 e. The van der Waals surface area contributed by atoms with Crippen LogP contribution in [0.1, 0.15) is 5.56 Å². The van der Waals surface area contributed by atoms with Crippen molar-refractivity contribution in [2.24, 2.45) is 10.3 Å². The van der Waals surface area contributed by atoms with Crippen molar-refractivity contribution >= 4 is 22.7 Å². The van der Waals surface area contributed by atoms with E-state index in [1.54, 1.807) is 12.1 Å². The lowest BCUT2D eigenvalue weighted by molar-refractivity contribution is -0.393. The van der Waals surface area contributed by atoms with Crippen molar-refractivity contribution < 1.29 is 9.85 Å². The number of nitrogens with zero attached hydrogens (tertiary/aromatic N) is 4. The fraction of sp³-hybridized carbons (Fsp3) is 0.0769. The molecule has 9 heteroatoms. The number of benzene rings is 2. The lowest BCUT2D eigenvalue weighted by atomic mass is 10.2. The van der Waals surface area contributed by atoms with Crippen molar-refractivity contribution in [1.82, 2.24) is 0 Å². The van der Waals surface area contributed by atoms with Crippen LogP contribution in [0.4, 0.5) is 22.7 Å². The molecular formula is C13H11N5O4. The molecule has 2 aromatic carbocycles. The van der Waals surface area contributed by atoms with E-state index in [2.05, 4.69) is 15.8 Å². The number of nitrogens with one attached hydrogen (secondary N) is 1. The lowest BCUT2D eigenvalue weighted by Gasteiger charge is -2.00. The molecule has 0 spiro atoms. The molecule has 2 rings (SSSR count). The quantitative estimate of drug-likeness (QED) is 0.509. The van der Waals surface area contributed by atoms with Crippen LogP contribution in [-0.2, 0) is 0 Å². The van der Waals surface area contributed by atoms with E-state index in [9.17, 15) is 20.2 Å². The molecule has 0 atom stereocenters. The smallest absolute Gasteiger partial charge is 0.260 e. The summed E-state index contributed by atoms with van der Waals surface area (Å²) in [6.45, 7) is 1.94. The van der Waals surface area contributed by atoms with Gasteiger partial charge in [-0.25, -0.2) is 0 Å². The summed E-state index contributed by atoms with van der Waals surface area (Å²) in [6.07, 6.45) is 0. The zero-order valence-corrected chi connectivity index (χ0v) is 11.5. The molecule has 0 amide bonds. The first-order valence-corrected chi connectivity index (χ1v) is 6.13. The molecule has 0 radical (unpaired) electrons. The summed E-state index contributed by atoms with van der Waals surface area (Å²) in [5.74, 6) is 0. The van der Waals surface area contributed by atoms with Gasteiger partial charge >= 0.3 is 5.69 Å².